The van der Waals surface area contributed by atoms with E-state index in [1.807, 2.05) is 44.3 Å². The van der Waals surface area contributed by atoms with Crippen LogP contribution in [0.3, 0.4) is 0 Å². The number of methoxy groups -OCH3 is 1. The number of nitrogens with zero attached hydrogens (tertiary/aromatic N) is 2. The molecule has 1 aliphatic rings. The number of aromatic nitrogens is 2. The maximum absolute atomic E-state index is 10.1. The van der Waals surface area contributed by atoms with Gasteiger partial charge in [0.05, 0.1) is 12.6 Å². The number of aromatic hydroxyl groups is 1. The third-order valence-electron chi connectivity index (χ3n) is 4.64. The van der Waals surface area contributed by atoms with Crippen molar-refractivity contribution in [3.63, 3.8) is 0 Å². The molecule has 0 spiro atoms. The molecule has 4 heteroatoms. The standard InChI is InChI=1S/C18H14N2O2.C2H6/c1-22-13-4-5-14-15-7-12(21)6-10-2-3-11-9-19-18(16(14)8-13)20(11)17(10)15;1-2/h4-9,21H,2-3H2,1H3;1-2H3. The fourth-order valence-corrected chi connectivity index (χ4v) is 3.67. The van der Waals surface area contributed by atoms with Gasteiger partial charge in [-0.05, 0) is 54.1 Å². The van der Waals surface area contributed by atoms with Crippen LogP contribution in [0.1, 0.15) is 25.1 Å². The monoisotopic (exact) mass is 320 g/mol. The lowest BCUT2D eigenvalue weighted by atomic mass is 9.97. The first-order chi connectivity index (χ1) is 11.8. The molecule has 0 atom stereocenters. The third-order valence-corrected chi connectivity index (χ3v) is 4.64. The highest BCUT2D eigenvalue weighted by Gasteiger charge is 2.20. The van der Waals surface area contributed by atoms with E-state index in [0.29, 0.717) is 5.75 Å². The Labute approximate surface area is 140 Å². The van der Waals surface area contributed by atoms with Gasteiger partial charge in [-0.2, -0.15) is 0 Å². The summed E-state index contributed by atoms with van der Waals surface area (Å²) in [7, 11) is 1.67. The van der Waals surface area contributed by atoms with Crippen molar-refractivity contribution in [3.05, 3.63) is 47.8 Å². The molecule has 0 radical (unpaired) electrons. The van der Waals surface area contributed by atoms with E-state index in [9.17, 15) is 5.11 Å². The number of rotatable bonds is 1. The predicted molar refractivity (Wildman–Crippen MR) is 97.2 cm³/mol. The Bertz CT molecular complexity index is 1080. The number of ether oxygens (including phenoxy) is 1. The number of imidazole rings is 1. The van der Waals surface area contributed by atoms with Gasteiger partial charge in [0.25, 0.3) is 0 Å². The van der Waals surface area contributed by atoms with Crippen molar-refractivity contribution in [1.29, 1.82) is 0 Å². The van der Waals surface area contributed by atoms with Crippen molar-refractivity contribution in [3.8, 4) is 11.5 Å². The molecule has 5 rings (SSSR count). The zero-order valence-electron chi connectivity index (χ0n) is 14.1. The maximum Gasteiger partial charge on any atom is 0.145 e. The first kappa shape index (κ1) is 14.8. The largest absolute Gasteiger partial charge is 0.508 e. The Balaban J connectivity index is 0.000000704. The number of phenolic OH excluding ortho intramolecular Hbond substituents is 1. The van der Waals surface area contributed by atoms with Gasteiger partial charge in [0, 0.05) is 22.7 Å². The molecule has 0 saturated heterocycles. The Morgan fingerprint density at radius 1 is 1.04 bits per heavy atom. The molecule has 24 heavy (non-hydrogen) atoms. The zero-order chi connectivity index (χ0) is 16.8. The van der Waals surface area contributed by atoms with Crippen LogP contribution >= 0.6 is 0 Å². The Hall–Kier alpha value is -2.75. The van der Waals surface area contributed by atoms with Gasteiger partial charge in [-0.1, -0.05) is 13.8 Å². The number of hydrogen-bond acceptors (Lipinski definition) is 3. The van der Waals surface area contributed by atoms with Crippen LogP contribution in [0, 0.1) is 0 Å². The van der Waals surface area contributed by atoms with Gasteiger partial charge in [-0.15, -0.1) is 0 Å². The average Bonchev–Trinajstić information content (AvgIpc) is 3.06. The fourth-order valence-electron chi connectivity index (χ4n) is 3.67. The van der Waals surface area contributed by atoms with Crippen LogP contribution in [0.25, 0.3) is 27.3 Å². The summed E-state index contributed by atoms with van der Waals surface area (Å²) in [5.41, 5.74) is 4.54. The molecule has 2 aromatic carbocycles. The second-order valence-corrected chi connectivity index (χ2v) is 5.82. The topological polar surface area (TPSA) is 46.8 Å². The highest BCUT2D eigenvalue weighted by molar-refractivity contribution is 6.13. The number of benzene rings is 2. The highest BCUT2D eigenvalue weighted by atomic mass is 16.5. The molecule has 4 aromatic rings. The summed E-state index contributed by atoms with van der Waals surface area (Å²) in [6.07, 6.45) is 3.85. The molecule has 0 unspecified atom stereocenters. The fraction of sp³-hybridized carbons (Fsp3) is 0.250. The van der Waals surface area contributed by atoms with Gasteiger partial charge in [0.15, 0.2) is 0 Å². The summed E-state index contributed by atoms with van der Waals surface area (Å²) < 4.78 is 7.60. The highest BCUT2D eigenvalue weighted by Crippen LogP contribution is 2.38. The minimum Gasteiger partial charge on any atom is -0.508 e. The molecule has 4 nitrogen and oxygen atoms in total. The molecule has 0 aliphatic carbocycles. The van der Waals surface area contributed by atoms with E-state index in [-0.39, 0.29) is 0 Å². The van der Waals surface area contributed by atoms with Crippen LogP contribution in [-0.2, 0) is 12.8 Å². The Morgan fingerprint density at radius 2 is 1.88 bits per heavy atom. The molecular weight excluding hydrogens is 300 g/mol. The smallest absolute Gasteiger partial charge is 0.145 e. The third kappa shape index (κ3) is 1.89. The number of pyridine rings is 1. The summed E-state index contributed by atoms with van der Waals surface area (Å²) in [5, 5.41) is 13.3. The van der Waals surface area contributed by atoms with Crippen LogP contribution < -0.4 is 4.74 Å². The lowest BCUT2D eigenvalue weighted by Crippen LogP contribution is -2.07. The quantitative estimate of drug-likeness (QED) is 0.526. The van der Waals surface area contributed by atoms with Gasteiger partial charge in [-0.3, -0.25) is 4.40 Å². The molecule has 2 aromatic heterocycles. The van der Waals surface area contributed by atoms with E-state index in [0.717, 1.165) is 40.4 Å². The first-order valence-electron chi connectivity index (χ1n) is 8.38. The van der Waals surface area contributed by atoms with Crippen LogP contribution in [-0.4, -0.2) is 21.6 Å². The lowest BCUT2D eigenvalue weighted by Gasteiger charge is -2.19. The first-order valence-corrected chi connectivity index (χ1v) is 8.38. The summed E-state index contributed by atoms with van der Waals surface area (Å²) in [6, 6.07) is 9.75. The second-order valence-electron chi connectivity index (χ2n) is 5.82. The Morgan fingerprint density at radius 3 is 2.67 bits per heavy atom. The van der Waals surface area contributed by atoms with E-state index >= 15 is 0 Å². The van der Waals surface area contributed by atoms with E-state index in [1.54, 1.807) is 7.11 Å². The summed E-state index contributed by atoms with van der Waals surface area (Å²) >= 11 is 0. The summed E-state index contributed by atoms with van der Waals surface area (Å²) in [4.78, 5) is 4.64. The SMILES string of the molecule is CC.COc1ccc2c(c1)c1ncc3n1c1c(cc(O)cc21)CC3. The lowest BCUT2D eigenvalue weighted by molar-refractivity contribution is 0.415. The maximum atomic E-state index is 10.1. The van der Waals surface area contributed by atoms with Crippen molar-refractivity contribution in [2.24, 2.45) is 0 Å². The molecule has 0 saturated carbocycles. The Kier molecular flexibility index (Phi) is 3.34. The molecular formula is C20H20N2O2. The molecule has 0 amide bonds. The molecule has 1 aliphatic heterocycles. The van der Waals surface area contributed by atoms with Crippen molar-refractivity contribution < 1.29 is 9.84 Å². The molecule has 122 valence electrons. The van der Waals surface area contributed by atoms with Gasteiger partial charge in [0.2, 0.25) is 0 Å². The molecule has 0 bridgehead atoms. The van der Waals surface area contributed by atoms with E-state index < -0.39 is 0 Å². The van der Waals surface area contributed by atoms with E-state index in [2.05, 4.69) is 15.5 Å². The van der Waals surface area contributed by atoms with Gasteiger partial charge >= 0.3 is 0 Å². The van der Waals surface area contributed by atoms with Gasteiger partial charge in [0.1, 0.15) is 17.1 Å². The van der Waals surface area contributed by atoms with E-state index in [1.165, 1.54) is 16.8 Å². The number of aryl methyl sites for hydroxylation is 2. The zero-order valence-corrected chi connectivity index (χ0v) is 14.1. The summed E-state index contributed by atoms with van der Waals surface area (Å²) in [5.74, 6) is 1.14. The van der Waals surface area contributed by atoms with E-state index in [4.69, 9.17) is 4.74 Å². The number of phenols is 1. The number of hydrogen-bond donors (Lipinski definition) is 1. The molecule has 1 N–H and O–H groups in total. The van der Waals surface area contributed by atoms with Crippen molar-refractivity contribution >= 4 is 27.3 Å². The van der Waals surface area contributed by atoms with Crippen LogP contribution in [0.5, 0.6) is 11.5 Å². The predicted octanol–water partition coefficient (Wildman–Crippen LogP) is 4.48. The minimum atomic E-state index is 0.322. The normalized spacial score (nSPS) is 12.6. The van der Waals surface area contributed by atoms with Crippen LogP contribution in [0.2, 0.25) is 0 Å². The summed E-state index contributed by atoms with van der Waals surface area (Å²) in [6.45, 7) is 4.00. The average molecular weight is 320 g/mol. The van der Waals surface area contributed by atoms with Crippen molar-refractivity contribution in [2.75, 3.05) is 7.11 Å². The van der Waals surface area contributed by atoms with Crippen LogP contribution in [0.4, 0.5) is 0 Å². The second kappa shape index (κ2) is 5.41. The van der Waals surface area contributed by atoms with Crippen molar-refractivity contribution in [2.45, 2.75) is 26.7 Å². The van der Waals surface area contributed by atoms with Crippen LogP contribution in [0.15, 0.2) is 36.5 Å². The van der Waals surface area contributed by atoms with Gasteiger partial charge < -0.3 is 9.84 Å². The van der Waals surface area contributed by atoms with Gasteiger partial charge in [-0.25, -0.2) is 4.98 Å². The molecule has 3 heterocycles. The molecule has 0 fully saturated rings. The number of fused-ring (bicyclic) bond motifs is 3. The minimum absolute atomic E-state index is 0.322. The van der Waals surface area contributed by atoms with Crippen molar-refractivity contribution in [1.82, 2.24) is 9.38 Å².